The van der Waals surface area contributed by atoms with Gasteiger partial charge in [-0.25, -0.2) is 9.59 Å². The number of fused-ring (bicyclic) bond motifs is 1. The lowest BCUT2D eigenvalue weighted by atomic mass is 10.2. The van der Waals surface area contributed by atoms with Crippen LogP contribution in [0.3, 0.4) is 0 Å². The largest absolute Gasteiger partial charge is 0.463 e. The molecule has 1 aromatic rings. The van der Waals surface area contributed by atoms with Gasteiger partial charge in [0.1, 0.15) is 6.10 Å². The lowest BCUT2D eigenvalue weighted by Gasteiger charge is -2.13. The molecule has 0 radical (unpaired) electrons. The molecule has 6 nitrogen and oxygen atoms in total. The molecule has 0 spiro atoms. The van der Waals surface area contributed by atoms with Crippen molar-refractivity contribution >= 4 is 11.9 Å². The van der Waals surface area contributed by atoms with Crippen molar-refractivity contribution in [2.45, 2.75) is 25.9 Å². The minimum absolute atomic E-state index is 0.154. The van der Waals surface area contributed by atoms with Gasteiger partial charge in [-0.15, -0.1) is 0 Å². The zero-order chi connectivity index (χ0) is 16.2. The molecule has 0 aromatic heterocycles. The highest BCUT2D eigenvalue weighted by atomic mass is 16.7. The van der Waals surface area contributed by atoms with Crippen molar-refractivity contribution in [2.24, 2.45) is 5.92 Å². The molecule has 0 bridgehead atoms. The van der Waals surface area contributed by atoms with E-state index in [1.54, 1.807) is 31.2 Å². The first-order valence-electron chi connectivity index (χ1n) is 7.63. The van der Waals surface area contributed by atoms with Crippen LogP contribution in [0.5, 0.6) is 11.5 Å². The predicted molar refractivity (Wildman–Crippen MR) is 80.3 cm³/mol. The van der Waals surface area contributed by atoms with E-state index in [1.165, 1.54) is 6.08 Å². The van der Waals surface area contributed by atoms with E-state index in [0.717, 1.165) is 12.8 Å². The maximum Gasteiger partial charge on any atom is 0.338 e. The molecule has 1 aromatic carbocycles. The van der Waals surface area contributed by atoms with Crippen LogP contribution in [0.25, 0.3) is 0 Å². The van der Waals surface area contributed by atoms with Crippen LogP contribution in [0, 0.1) is 5.92 Å². The molecule has 1 aliphatic carbocycles. The van der Waals surface area contributed by atoms with Crippen LogP contribution in [0.1, 0.15) is 30.1 Å². The van der Waals surface area contributed by atoms with Crippen LogP contribution >= 0.6 is 0 Å². The quantitative estimate of drug-likeness (QED) is 0.593. The topological polar surface area (TPSA) is 71.1 Å². The summed E-state index contributed by atoms with van der Waals surface area (Å²) in [6.45, 7) is 2.21. The van der Waals surface area contributed by atoms with E-state index >= 15 is 0 Å². The second-order valence-electron chi connectivity index (χ2n) is 5.39. The summed E-state index contributed by atoms with van der Waals surface area (Å²) >= 11 is 0. The van der Waals surface area contributed by atoms with Gasteiger partial charge in [0.05, 0.1) is 12.2 Å². The summed E-state index contributed by atoms with van der Waals surface area (Å²) in [6, 6.07) is 4.91. The monoisotopic (exact) mass is 318 g/mol. The predicted octanol–water partition coefficient (Wildman–Crippen LogP) is 2.47. The van der Waals surface area contributed by atoms with Crippen LogP contribution in [-0.2, 0) is 14.3 Å². The average molecular weight is 318 g/mol. The van der Waals surface area contributed by atoms with E-state index in [2.05, 4.69) is 0 Å². The van der Waals surface area contributed by atoms with Gasteiger partial charge in [-0.1, -0.05) is 0 Å². The maximum absolute atomic E-state index is 12.3. The zero-order valence-electron chi connectivity index (χ0n) is 12.8. The molecule has 122 valence electrons. The van der Waals surface area contributed by atoms with Crippen LogP contribution in [0.2, 0.25) is 0 Å². The molecule has 0 N–H and O–H groups in total. The minimum Gasteiger partial charge on any atom is -0.463 e. The standard InChI is InChI=1S/C17H18O6/c1-2-20-16(18)8-7-13(11-3-4-11)23-17(19)12-5-6-14-15(9-12)22-10-21-14/h5-9,11,13H,2-4,10H2,1H3/b8-7+. The van der Waals surface area contributed by atoms with E-state index in [9.17, 15) is 9.59 Å². The lowest BCUT2D eigenvalue weighted by molar-refractivity contribution is -0.137. The fourth-order valence-corrected chi connectivity index (χ4v) is 2.30. The molecular weight excluding hydrogens is 300 g/mol. The van der Waals surface area contributed by atoms with Gasteiger partial charge < -0.3 is 18.9 Å². The Bertz CT molecular complexity index is 632. The second kappa shape index (κ2) is 6.73. The summed E-state index contributed by atoms with van der Waals surface area (Å²) < 4.78 is 20.8. The first-order chi connectivity index (χ1) is 11.2. The zero-order valence-corrected chi connectivity index (χ0v) is 12.8. The Morgan fingerprint density at radius 1 is 1.30 bits per heavy atom. The van der Waals surface area contributed by atoms with Crippen molar-refractivity contribution in [3.63, 3.8) is 0 Å². The maximum atomic E-state index is 12.3. The van der Waals surface area contributed by atoms with Gasteiger partial charge in [-0.2, -0.15) is 0 Å². The number of carbonyl (C=O) groups excluding carboxylic acids is 2. The Labute approximate surface area is 134 Å². The molecule has 1 atom stereocenters. The van der Waals surface area contributed by atoms with E-state index < -0.39 is 18.0 Å². The Balaban J connectivity index is 1.65. The molecule has 1 saturated carbocycles. The number of esters is 2. The number of hydrogen-bond donors (Lipinski definition) is 0. The summed E-state index contributed by atoms with van der Waals surface area (Å²) in [7, 11) is 0. The molecular formula is C17H18O6. The Morgan fingerprint density at radius 3 is 2.83 bits per heavy atom. The highest BCUT2D eigenvalue weighted by molar-refractivity contribution is 5.90. The SMILES string of the molecule is CCOC(=O)/C=C/C(OC(=O)c1ccc2c(c1)OCO2)C1CC1. The van der Waals surface area contributed by atoms with Gasteiger partial charge in [0.15, 0.2) is 11.5 Å². The molecule has 23 heavy (non-hydrogen) atoms. The van der Waals surface area contributed by atoms with Crippen molar-refractivity contribution in [3.05, 3.63) is 35.9 Å². The third kappa shape index (κ3) is 3.83. The van der Waals surface area contributed by atoms with Crippen molar-refractivity contribution in [1.29, 1.82) is 0 Å². The third-order valence-corrected chi connectivity index (χ3v) is 3.65. The second-order valence-corrected chi connectivity index (χ2v) is 5.39. The molecule has 6 heteroatoms. The molecule has 1 heterocycles. The molecule has 2 aliphatic rings. The molecule has 1 aliphatic heterocycles. The first-order valence-corrected chi connectivity index (χ1v) is 7.63. The summed E-state index contributed by atoms with van der Waals surface area (Å²) in [6.07, 6.45) is 4.45. The Kier molecular flexibility index (Phi) is 4.50. The fraction of sp³-hybridized carbons (Fsp3) is 0.412. The fourth-order valence-electron chi connectivity index (χ4n) is 2.30. The van der Waals surface area contributed by atoms with Crippen LogP contribution in [-0.4, -0.2) is 31.4 Å². The molecule has 0 saturated heterocycles. The summed E-state index contributed by atoms with van der Waals surface area (Å²) in [5.74, 6) is 0.525. The minimum atomic E-state index is -0.450. The van der Waals surface area contributed by atoms with Crippen molar-refractivity contribution in [3.8, 4) is 11.5 Å². The first kappa shape index (κ1) is 15.4. The smallest absolute Gasteiger partial charge is 0.338 e. The van der Waals surface area contributed by atoms with Gasteiger partial charge in [-0.3, -0.25) is 0 Å². The van der Waals surface area contributed by atoms with Gasteiger partial charge in [0.25, 0.3) is 0 Å². The van der Waals surface area contributed by atoms with Gasteiger partial charge in [-0.05, 0) is 50.0 Å². The number of hydrogen-bond acceptors (Lipinski definition) is 6. The Morgan fingerprint density at radius 2 is 2.09 bits per heavy atom. The highest BCUT2D eigenvalue weighted by Crippen LogP contribution is 2.36. The average Bonchev–Trinajstić information content (AvgIpc) is 3.28. The van der Waals surface area contributed by atoms with Gasteiger partial charge in [0, 0.05) is 6.08 Å². The van der Waals surface area contributed by atoms with Gasteiger partial charge >= 0.3 is 11.9 Å². The highest BCUT2D eigenvalue weighted by Gasteiger charge is 2.33. The van der Waals surface area contributed by atoms with Crippen LogP contribution in [0.4, 0.5) is 0 Å². The molecule has 0 amide bonds. The summed E-state index contributed by atoms with van der Waals surface area (Å²) in [5, 5.41) is 0. The normalized spacial score (nSPS) is 17.1. The summed E-state index contributed by atoms with van der Waals surface area (Å²) in [4.78, 5) is 23.7. The third-order valence-electron chi connectivity index (χ3n) is 3.65. The Hall–Kier alpha value is -2.50. The molecule has 1 fully saturated rings. The molecule has 1 unspecified atom stereocenters. The van der Waals surface area contributed by atoms with Crippen LogP contribution in [0.15, 0.2) is 30.4 Å². The molecule has 3 rings (SSSR count). The van der Waals surface area contributed by atoms with Crippen molar-refractivity contribution < 1.29 is 28.5 Å². The van der Waals surface area contributed by atoms with E-state index in [4.69, 9.17) is 18.9 Å². The van der Waals surface area contributed by atoms with Crippen molar-refractivity contribution in [2.75, 3.05) is 13.4 Å². The number of rotatable bonds is 6. The van der Waals surface area contributed by atoms with E-state index in [1.807, 2.05) is 0 Å². The number of ether oxygens (including phenoxy) is 4. The van der Waals surface area contributed by atoms with Gasteiger partial charge in [0.2, 0.25) is 6.79 Å². The summed E-state index contributed by atoms with van der Waals surface area (Å²) in [5.41, 5.74) is 0.393. The van der Waals surface area contributed by atoms with Crippen LogP contribution < -0.4 is 9.47 Å². The van der Waals surface area contributed by atoms with E-state index in [0.29, 0.717) is 23.7 Å². The lowest BCUT2D eigenvalue weighted by Crippen LogP contribution is -2.18. The van der Waals surface area contributed by atoms with E-state index in [-0.39, 0.29) is 12.7 Å². The van der Waals surface area contributed by atoms with Crippen molar-refractivity contribution in [1.82, 2.24) is 0 Å². The number of benzene rings is 1. The number of carbonyl (C=O) groups is 2.